The van der Waals surface area contributed by atoms with E-state index in [-0.39, 0.29) is 46.6 Å². The molecule has 0 rings (SSSR count). The molecule has 0 unspecified atom stereocenters. The molecule has 0 aliphatic heterocycles. The third-order valence-electron chi connectivity index (χ3n) is 1.23. The largest absolute Gasteiger partial charge is 3.00 e. The first-order chi connectivity index (χ1) is 5.78. The number of carbonyl (C=O) groups excluding carboxylic acids is 3. The van der Waals surface area contributed by atoms with Crippen LogP contribution in [0.2, 0.25) is 0 Å². The Morgan fingerprint density at radius 2 is 1.20 bits per heavy atom. The third kappa shape index (κ3) is 7.78. The van der Waals surface area contributed by atoms with Gasteiger partial charge in [0, 0.05) is 17.9 Å². The van der Waals surface area contributed by atoms with Crippen molar-refractivity contribution in [2.45, 2.75) is 18.4 Å². The minimum atomic E-state index is -3.22. The number of rotatable bonds is 5. The third-order valence-corrected chi connectivity index (χ3v) is 1.23. The summed E-state index contributed by atoms with van der Waals surface area (Å²) in [5, 5.41) is 40.8. The van der Waals surface area contributed by atoms with Crippen molar-refractivity contribution < 1.29 is 81.4 Å². The number of aliphatic carboxylic acids is 3. The summed E-state index contributed by atoms with van der Waals surface area (Å²) >= 11 is 0. The first-order valence-corrected chi connectivity index (χ1v) is 3.09. The zero-order valence-electron chi connectivity index (χ0n) is 7.63. The Hall–Kier alpha value is -0.111. The summed E-state index contributed by atoms with van der Waals surface area (Å²) in [6.45, 7) is 0. The van der Waals surface area contributed by atoms with Gasteiger partial charge in [-0.1, -0.05) is 5.60 Å². The fourth-order valence-electron chi connectivity index (χ4n) is 0.673. The van der Waals surface area contributed by atoms with Gasteiger partial charge < -0.3 is 34.8 Å². The molecule has 0 bridgehead atoms. The molecule has 0 saturated heterocycles. The Morgan fingerprint density at radius 3 is 1.33 bits per heavy atom. The molecule has 15 heavy (non-hydrogen) atoms. The maximum atomic E-state index is 10.9. The van der Waals surface area contributed by atoms with Crippen molar-refractivity contribution in [2.75, 3.05) is 0 Å². The number of carboxylic acids is 3. The monoisotopic (exact) mass is 267 g/mol. The Labute approximate surface area is 117 Å². The molecule has 79 valence electrons. The second-order valence-electron chi connectivity index (χ2n) is 2.38. The van der Waals surface area contributed by atoms with Crippen molar-refractivity contribution in [3.63, 3.8) is 0 Å². The minimum absolute atomic E-state index is 0. The van der Waals surface area contributed by atoms with E-state index >= 15 is 0 Å². The number of carbonyl (C=O) groups is 3. The van der Waals surface area contributed by atoms with Gasteiger partial charge in [0.2, 0.25) is 0 Å². The van der Waals surface area contributed by atoms with Crippen LogP contribution in [-0.4, -0.2) is 23.5 Å². The summed E-state index contributed by atoms with van der Waals surface area (Å²) in [6.07, 6.45) is -2.94. The van der Waals surface area contributed by atoms with Crippen LogP contribution in [0.1, 0.15) is 12.8 Å². The van der Waals surface area contributed by atoms with Crippen molar-refractivity contribution in [1.82, 2.24) is 0 Å². The molecule has 0 aromatic rings. The molecule has 0 aromatic heterocycles. The minimum Gasteiger partial charge on any atom is -0.845 e. The summed E-state index contributed by atoms with van der Waals surface area (Å²) in [7, 11) is 0. The van der Waals surface area contributed by atoms with E-state index < -0.39 is 36.4 Å². The van der Waals surface area contributed by atoms with Crippen LogP contribution in [0, 0.1) is 0 Å². The predicted molar refractivity (Wildman–Crippen MR) is 27.0 cm³/mol. The Morgan fingerprint density at radius 1 is 0.933 bits per heavy atom. The van der Waals surface area contributed by atoms with Gasteiger partial charge in [-0.05, 0) is 12.8 Å². The Kier molecular flexibility index (Phi) is 11.0. The summed E-state index contributed by atoms with van der Waals surface area (Å²) in [4.78, 5) is 29.9. The van der Waals surface area contributed by atoms with E-state index in [1.165, 1.54) is 0 Å². The maximum Gasteiger partial charge on any atom is 3.00 e. The van der Waals surface area contributed by atoms with Crippen molar-refractivity contribution in [3.05, 3.63) is 0 Å². The zero-order chi connectivity index (χ0) is 10.6. The van der Waals surface area contributed by atoms with Crippen LogP contribution in [0.4, 0.5) is 0 Å². The molecule has 1 radical (unpaired) electrons. The summed E-state index contributed by atoms with van der Waals surface area (Å²) in [5.74, 6) is -6.22. The molecular weight excluding hydrogens is 263 g/mol. The van der Waals surface area contributed by atoms with Crippen molar-refractivity contribution in [2.24, 2.45) is 0 Å². The molecule has 0 aromatic carbocycles. The van der Waals surface area contributed by atoms with Gasteiger partial charge in [-0.15, -0.1) is 0 Å². The fourth-order valence-corrected chi connectivity index (χ4v) is 0.673. The van der Waals surface area contributed by atoms with Crippen molar-refractivity contribution in [3.8, 4) is 0 Å². The number of hydrogen-bond acceptors (Lipinski definition) is 7. The molecule has 0 amide bonds. The molecule has 0 fully saturated rings. The molecule has 0 heterocycles. The maximum absolute atomic E-state index is 10.9. The van der Waals surface area contributed by atoms with E-state index in [0.717, 1.165) is 0 Å². The standard InChI is InChI=1S/C6H7O7.Fe.Na/c7-3(8)1-6(13,5(11)12)2-4(9)10;;/h1-2H2,(H,7,8)(H,9,10)(H,11,12);;/q-1;+3;+1/p-3. The van der Waals surface area contributed by atoms with Gasteiger partial charge in [0.15, 0.2) is 0 Å². The molecule has 0 aliphatic carbocycles. The topological polar surface area (TPSA) is 143 Å². The van der Waals surface area contributed by atoms with Crippen LogP contribution >= 0.6 is 0 Å². The molecule has 0 aliphatic rings. The summed E-state index contributed by atoms with van der Waals surface area (Å²) < 4.78 is 0. The van der Waals surface area contributed by atoms with Gasteiger partial charge in [-0.25, -0.2) is 0 Å². The molecule has 0 atom stereocenters. The first-order valence-electron chi connectivity index (χ1n) is 3.09. The normalized spacial score (nSPS) is 9.40. The smallest absolute Gasteiger partial charge is 0.845 e. The van der Waals surface area contributed by atoms with Gasteiger partial charge in [0.25, 0.3) is 0 Å². The molecule has 7 nitrogen and oxygen atoms in total. The Balaban J connectivity index is -0.000000720. The summed E-state index contributed by atoms with van der Waals surface area (Å²) in [6, 6.07) is 0. The average molecular weight is 267 g/mol. The van der Waals surface area contributed by atoms with Gasteiger partial charge in [0.05, 0.1) is 0 Å². The van der Waals surface area contributed by atoms with Crippen LogP contribution in [-0.2, 0) is 31.5 Å². The van der Waals surface area contributed by atoms with E-state index in [1.54, 1.807) is 0 Å². The van der Waals surface area contributed by atoms with Gasteiger partial charge in [0.1, 0.15) is 0 Å². The van der Waals surface area contributed by atoms with Crippen molar-refractivity contribution in [1.29, 1.82) is 0 Å². The molecule has 0 saturated carbocycles. The van der Waals surface area contributed by atoms with Gasteiger partial charge in [-0.3, -0.25) is 0 Å². The summed E-state index contributed by atoms with van der Waals surface area (Å²) in [5.41, 5.74) is -3.22. The predicted octanol–water partition coefficient (Wildman–Crippen LogP) is -8.88. The Bertz CT molecular complexity index is 238. The number of carboxylic acid groups (broad SMARTS) is 3. The van der Waals surface area contributed by atoms with E-state index in [0.29, 0.717) is 0 Å². The molecule has 0 spiro atoms. The van der Waals surface area contributed by atoms with E-state index in [9.17, 15) is 34.8 Å². The van der Waals surface area contributed by atoms with Crippen LogP contribution < -0.4 is 50.0 Å². The molecule has 0 N–H and O–H groups in total. The fraction of sp³-hybridized carbons (Fsp3) is 0.500. The zero-order valence-corrected chi connectivity index (χ0v) is 10.7. The van der Waals surface area contributed by atoms with Crippen LogP contribution in [0.25, 0.3) is 0 Å². The van der Waals surface area contributed by atoms with E-state index in [1.807, 2.05) is 0 Å². The van der Waals surface area contributed by atoms with Gasteiger partial charge >= 0.3 is 46.6 Å². The molecule has 9 heteroatoms. The second-order valence-corrected chi connectivity index (χ2v) is 2.38. The van der Waals surface area contributed by atoms with E-state index in [2.05, 4.69) is 0 Å². The van der Waals surface area contributed by atoms with Gasteiger partial charge in [-0.2, -0.15) is 0 Å². The van der Waals surface area contributed by atoms with Crippen LogP contribution in [0.3, 0.4) is 0 Å². The van der Waals surface area contributed by atoms with E-state index in [4.69, 9.17) is 0 Å². The quantitative estimate of drug-likeness (QED) is 0.449. The van der Waals surface area contributed by atoms with Crippen molar-refractivity contribution >= 4 is 17.9 Å². The average Bonchev–Trinajstić information content (AvgIpc) is 1.82. The SMILES string of the molecule is O=C([O-])CC([O-])(CC(=O)[O-])C(=O)[O-].[Fe+3].[Na+]. The first kappa shape index (κ1) is 20.3. The second kappa shape index (κ2) is 8.09. The van der Waals surface area contributed by atoms with Crippen LogP contribution in [0.15, 0.2) is 0 Å². The number of hydrogen-bond donors (Lipinski definition) is 0. The molecular formula is C6H4FeNaO7. The van der Waals surface area contributed by atoms with Crippen LogP contribution in [0.5, 0.6) is 0 Å².